The van der Waals surface area contributed by atoms with Crippen molar-refractivity contribution in [3.8, 4) is 0 Å². The molecule has 1 aromatic carbocycles. The number of hydrogen-bond donors (Lipinski definition) is 1. The maximum atomic E-state index is 11.6. The second-order valence-corrected chi connectivity index (χ2v) is 6.46. The highest BCUT2D eigenvalue weighted by atomic mass is 32.2. The van der Waals surface area contributed by atoms with Crippen LogP contribution in [0, 0.1) is 0 Å². The molecule has 1 atom stereocenters. The van der Waals surface area contributed by atoms with Gasteiger partial charge >= 0.3 is 0 Å². The lowest BCUT2D eigenvalue weighted by molar-refractivity contribution is 0.179. The van der Waals surface area contributed by atoms with Gasteiger partial charge in [0.05, 0.1) is 0 Å². The summed E-state index contributed by atoms with van der Waals surface area (Å²) >= 11 is 0. The Balaban J connectivity index is 2.37. The lowest BCUT2D eigenvalue weighted by Crippen LogP contribution is -2.36. The van der Waals surface area contributed by atoms with Crippen LogP contribution in [0.15, 0.2) is 48.6 Å². The van der Waals surface area contributed by atoms with Gasteiger partial charge in [-0.3, -0.25) is 0 Å². The highest BCUT2D eigenvalue weighted by Gasteiger charge is 2.37. The minimum Gasteiger partial charge on any atom is -0.371 e. The Morgan fingerprint density at radius 2 is 1.88 bits per heavy atom. The lowest BCUT2D eigenvalue weighted by Gasteiger charge is -2.26. The largest absolute Gasteiger partial charge is 0.371 e. The third-order valence-corrected chi connectivity index (χ3v) is 4.45. The number of allylic oxidation sites excluding steroid dienone is 2. The van der Waals surface area contributed by atoms with E-state index in [9.17, 15) is 13.5 Å². The molecule has 0 fully saturated rings. The Labute approximate surface area is 101 Å². The topological polar surface area (TPSA) is 54.4 Å². The van der Waals surface area contributed by atoms with Gasteiger partial charge in [-0.25, -0.2) is 8.42 Å². The van der Waals surface area contributed by atoms with Crippen LogP contribution in [0.2, 0.25) is 0 Å². The number of sulfone groups is 1. The molecule has 3 nitrogen and oxygen atoms in total. The normalized spacial score (nSPS) is 24.5. The molecule has 1 N–H and O–H groups in total. The molecule has 2 rings (SSSR count). The number of rotatable bonds is 2. The summed E-state index contributed by atoms with van der Waals surface area (Å²) < 4.78 is 23.1. The predicted molar refractivity (Wildman–Crippen MR) is 68.0 cm³/mol. The molecular weight excluding hydrogens is 236 g/mol. The van der Waals surface area contributed by atoms with Gasteiger partial charge in [-0.2, -0.15) is 0 Å². The van der Waals surface area contributed by atoms with Crippen molar-refractivity contribution in [1.82, 2.24) is 0 Å². The fourth-order valence-electron chi connectivity index (χ4n) is 1.81. The standard InChI is InChI=1S/C13H14O3S/c1-17(15,16)13(14)9-5-8-12(10-13)11-6-3-2-4-7-11/h2-9,14H,10H2,1H3. The third-order valence-electron chi connectivity index (χ3n) is 2.88. The molecule has 17 heavy (non-hydrogen) atoms. The van der Waals surface area contributed by atoms with Gasteiger partial charge < -0.3 is 5.11 Å². The van der Waals surface area contributed by atoms with Crippen LogP contribution in [0.3, 0.4) is 0 Å². The second-order valence-electron chi connectivity index (χ2n) is 4.21. The fraction of sp³-hybridized carbons (Fsp3) is 0.231. The first-order valence-electron chi connectivity index (χ1n) is 5.28. The zero-order valence-electron chi connectivity index (χ0n) is 9.50. The first-order valence-corrected chi connectivity index (χ1v) is 7.17. The summed E-state index contributed by atoms with van der Waals surface area (Å²) in [7, 11) is -3.54. The fourth-order valence-corrected chi connectivity index (χ4v) is 2.55. The molecule has 0 saturated heterocycles. The smallest absolute Gasteiger partial charge is 0.188 e. The SMILES string of the molecule is CS(=O)(=O)C1(O)C=CC=C(c2ccccc2)C1. The first kappa shape index (κ1) is 12.1. The molecule has 1 aliphatic rings. The van der Waals surface area contributed by atoms with Gasteiger partial charge in [0, 0.05) is 12.7 Å². The van der Waals surface area contributed by atoms with E-state index in [2.05, 4.69) is 0 Å². The zero-order valence-corrected chi connectivity index (χ0v) is 10.3. The van der Waals surface area contributed by atoms with Crippen LogP contribution in [0.25, 0.3) is 5.57 Å². The van der Waals surface area contributed by atoms with Crippen molar-refractivity contribution in [2.24, 2.45) is 0 Å². The van der Waals surface area contributed by atoms with E-state index in [4.69, 9.17) is 0 Å². The molecule has 0 aromatic heterocycles. The molecule has 1 aromatic rings. The van der Waals surface area contributed by atoms with Gasteiger partial charge in [0.15, 0.2) is 14.8 Å². The highest BCUT2D eigenvalue weighted by Crippen LogP contribution is 2.32. The van der Waals surface area contributed by atoms with E-state index in [1.54, 1.807) is 6.08 Å². The van der Waals surface area contributed by atoms with E-state index in [-0.39, 0.29) is 6.42 Å². The Morgan fingerprint density at radius 1 is 1.24 bits per heavy atom. The van der Waals surface area contributed by atoms with Crippen molar-refractivity contribution in [3.05, 3.63) is 54.1 Å². The van der Waals surface area contributed by atoms with E-state index < -0.39 is 14.8 Å². The average molecular weight is 250 g/mol. The minimum absolute atomic E-state index is 0.0896. The molecule has 1 aliphatic carbocycles. The molecule has 0 saturated carbocycles. The summed E-state index contributed by atoms with van der Waals surface area (Å²) in [5.74, 6) is 0. The van der Waals surface area contributed by atoms with E-state index >= 15 is 0 Å². The van der Waals surface area contributed by atoms with Crippen LogP contribution in [0.4, 0.5) is 0 Å². The van der Waals surface area contributed by atoms with Crippen molar-refractivity contribution >= 4 is 15.4 Å². The van der Waals surface area contributed by atoms with Crippen LogP contribution in [-0.4, -0.2) is 24.7 Å². The zero-order chi connectivity index (χ0) is 12.5. The molecule has 4 heteroatoms. The monoisotopic (exact) mass is 250 g/mol. The van der Waals surface area contributed by atoms with Crippen LogP contribution in [-0.2, 0) is 9.84 Å². The van der Waals surface area contributed by atoms with Crippen molar-refractivity contribution < 1.29 is 13.5 Å². The molecular formula is C13H14O3S. The Bertz CT molecular complexity index is 570. The molecule has 0 radical (unpaired) electrons. The van der Waals surface area contributed by atoms with Crippen LogP contribution >= 0.6 is 0 Å². The van der Waals surface area contributed by atoms with Crippen molar-refractivity contribution in [1.29, 1.82) is 0 Å². The van der Waals surface area contributed by atoms with Crippen LogP contribution in [0.1, 0.15) is 12.0 Å². The predicted octanol–water partition coefficient (Wildman–Crippen LogP) is 1.76. The van der Waals surface area contributed by atoms with Crippen LogP contribution in [0.5, 0.6) is 0 Å². The summed E-state index contributed by atoms with van der Waals surface area (Å²) in [4.78, 5) is -1.78. The summed E-state index contributed by atoms with van der Waals surface area (Å²) in [5.41, 5.74) is 1.75. The van der Waals surface area contributed by atoms with Crippen molar-refractivity contribution in [3.63, 3.8) is 0 Å². The summed E-state index contributed by atoms with van der Waals surface area (Å²) in [5, 5.41) is 10.1. The van der Waals surface area contributed by atoms with Crippen molar-refractivity contribution in [2.45, 2.75) is 11.4 Å². The average Bonchev–Trinajstić information content (AvgIpc) is 2.29. The summed E-state index contributed by atoms with van der Waals surface area (Å²) in [6, 6.07) is 9.45. The molecule has 0 heterocycles. The van der Waals surface area contributed by atoms with Gasteiger partial charge in [-0.1, -0.05) is 42.5 Å². The van der Waals surface area contributed by atoms with Gasteiger partial charge in [0.1, 0.15) is 0 Å². The first-order chi connectivity index (χ1) is 7.92. The molecule has 0 amide bonds. The van der Waals surface area contributed by atoms with Crippen molar-refractivity contribution in [2.75, 3.05) is 6.26 Å². The maximum absolute atomic E-state index is 11.6. The minimum atomic E-state index is -3.54. The van der Waals surface area contributed by atoms with Gasteiger partial charge in [0.2, 0.25) is 0 Å². The van der Waals surface area contributed by atoms with E-state index in [0.717, 1.165) is 17.4 Å². The highest BCUT2D eigenvalue weighted by molar-refractivity contribution is 7.92. The third kappa shape index (κ3) is 2.33. The van der Waals surface area contributed by atoms with Gasteiger partial charge in [-0.05, 0) is 17.2 Å². The quantitative estimate of drug-likeness (QED) is 0.870. The second kappa shape index (κ2) is 4.13. The number of hydrogen-bond acceptors (Lipinski definition) is 3. The Hall–Kier alpha value is -1.39. The maximum Gasteiger partial charge on any atom is 0.188 e. The van der Waals surface area contributed by atoms with E-state index in [1.165, 1.54) is 6.08 Å². The molecule has 0 aliphatic heterocycles. The molecule has 0 bridgehead atoms. The van der Waals surface area contributed by atoms with Crippen LogP contribution < -0.4 is 0 Å². The Kier molecular flexibility index (Phi) is 2.93. The Morgan fingerprint density at radius 3 is 2.47 bits per heavy atom. The number of benzene rings is 1. The van der Waals surface area contributed by atoms with Gasteiger partial charge in [0.25, 0.3) is 0 Å². The van der Waals surface area contributed by atoms with E-state index in [0.29, 0.717) is 0 Å². The molecule has 90 valence electrons. The lowest BCUT2D eigenvalue weighted by atomic mass is 9.95. The van der Waals surface area contributed by atoms with Gasteiger partial charge in [-0.15, -0.1) is 0 Å². The van der Waals surface area contributed by atoms with E-state index in [1.807, 2.05) is 36.4 Å². The molecule has 0 spiro atoms. The number of aliphatic hydroxyl groups is 1. The summed E-state index contributed by atoms with van der Waals surface area (Å²) in [6.07, 6.45) is 5.88. The summed E-state index contributed by atoms with van der Waals surface area (Å²) in [6.45, 7) is 0. The molecule has 1 unspecified atom stereocenters.